The number of rotatable bonds is 6. The van der Waals surface area contributed by atoms with Crippen LogP contribution in [-0.2, 0) is 0 Å². The summed E-state index contributed by atoms with van der Waals surface area (Å²) in [5.41, 5.74) is 3.96. The van der Waals surface area contributed by atoms with Crippen LogP contribution in [0.1, 0.15) is 58.0 Å². The average molecular weight is 438 g/mol. The monoisotopic (exact) mass is 438 g/mol. The Morgan fingerprint density at radius 2 is 1.64 bits per heavy atom. The lowest BCUT2D eigenvalue weighted by molar-refractivity contribution is 0.0952. The van der Waals surface area contributed by atoms with E-state index in [-0.39, 0.29) is 17.9 Å². The maximum absolute atomic E-state index is 13.6. The Bertz CT molecular complexity index is 1370. The number of nitrogens with one attached hydrogen (secondary N) is 2. The van der Waals surface area contributed by atoms with Crippen LogP contribution in [0.15, 0.2) is 65.2 Å². The molecule has 0 bridgehead atoms. The smallest absolute Gasteiger partial charge is 0.259 e. The topological polar surface area (TPSA) is 97.1 Å². The van der Waals surface area contributed by atoms with Crippen LogP contribution in [0.5, 0.6) is 0 Å². The minimum Gasteiger partial charge on any atom is -0.349 e. The van der Waals surface area contributed by atoms with E-state index in [9.17, 15) is 9.59 Å². The molecule has 4 aromatic rings. The number of hydrogen-bond donors (Lipinski definition) is 2. The minimum absolute atomic E-state index is 0.179. The van der Waals surface area contributed by atoms with Crippen LogP contribution in [0.3, 0.4) is 0 Å². The van der Waals surface area contributed by atoms with E-state index in [0.29, 0.717) is 39.5 Å². The molecular formula is C26H22N4O3. The molecule has 2 saturated carbocycles. The molecule has 2 aliphatic carbocycles. The molecule has 7 nitrogen and oxygen atoms in total. The Morgan fingerprint density at radius 3 is 2.39 bits per heavy atom. The number of amides is 2. The third-order valence-electron chi connectivity index (χ3n) is 6.09. The minimum atomic E-state index is -0.323. The van der Waals surface area contributed by atoms with Crippen molar-refractivity contribution in [1.82, 2.24) is 15.5 Å². The number of fused-ring (bicyclic) bond motifs is 1. The molecule has 2 aromatic carbocycles. The van der Waals surface area contributed by atoms with Gasteiger partial charge in [0, 0.05) is 23.2 Å². The van der Waals surface area contributed by atoms with E-state index in [1.165, 1.54) is 0 Å². The van der Waals surface area contributed by atoms with Gasteiger partial charge in [-0.2, -0.15) is 0 Å². The van der Waals surface area contributed by atoms with Crippen LogP contribution in [0.25, 0.3) is 22.4 Å². The van der Waals surface area contributed by atoms with Crippen molar-refractivity contribution in [1.29, 1.82) is 0 Å². The largest absolute Gasteiger partial charge is 0.349 e. The molecule has 0 unspecified atom stereocenters. The number of benzene rings is 2. The first-order valence-electron chi connectivity index (χ1n) is 11.2. The van der Waals surface area contributed by atoms with Crippen molar-refractivity contribution in [2.45, 2.75) is 37.6 Å². The van der Waals surface area contributed by atoms with Crippen molar-refractivity contribution in [3.63, 3.8) is 0 Å². The van der Waals surface area contributed by atoms with Crippen molar-refractivity contribution in [2.24, 2.45) is 0 Å². The van der Waals surface area contributed by atoms with Gasteiger partial charge in [-0.15, -0.1) is 0 Å². The van der Waals surface area contributed by atoms with Crippen LogP contribution < -0.4 is 10.6 Å². The predicted molar refractivity (Wildman–Crippen MR) is 124 cm³/mol. The van der Waals surface area contributed by atoms with Gasteiger partial charge in [-0.1, -0.05) is 47.6 Å². The number of anilines is 1. The zero-order chi connectivity index (χ0) is 22.4. The molecule has 7 heteroatoms. The van der Waals surface area contributed by atoms with Crippen LogP contribution in [0.2, 0.25) is 0 Å². The summed E-state index contributed by atoms with van der Waals surface area (Å²) in [5, 5.41) is 10.8. The standard InChI is InChI=1S/C26H22N4O3/c31-24(27-17-12-13-17)18-8-4-5-9-20(18)28-25(32)19-14-21(15-10-11-15)29-26-22(19)23(30-33-26)16-6-2-1-3-7-16/h1-9,14-15,17H,10-13H2,(H,27,31)(H,28,32). The molecule has 0 spiro atoms. The molecule has 0 radical (unpaired) electrons. The van der Waals surface area contributed by atoms with Crippen molar-refractivity contribution in [3.05, 3.63) is 77.5 Å². The third-order valence-corrected chi connectivity index (χ3v) is 6.09. The van der Waals surface area contributed by atoms with Crippen LogP contribution >= 0.6 is 0 Å². The summed E-state index contributed by atoms with van der Waals surface area (Å²) in [6.07, 6.45) is 4.08. The summed E-state index contributed by atoms with van der Waals surface area (Å²) in [7, 11) is 0. The maximum atomic E-state index is 13.6. The Kier molecular flexibility index (Phi) is 4.68. The first-order valence-corrected chi connectivity index (χ1v) is 11.2. The average Bonchev–Trinajstić information content (AvgIpc) is 3.78. The van der Waals surface area contributed by atoms with Gasteiger partial charge in [0.1, 0.15) is 5.69 Å². The molecule has 33 heavy (non-hydrogen) atoms. The molecule has 0 atom stereocenters. The summed E-state index contributed by atoms with van der Waals surface area (Å²) in [4.78, 5) is 30.9. The molecule has 0 aliphatic heterocycles. The number of pyridine rings is 1. The summed E-state index contributed by atoms with van der Waals surface area (Å²) < 4.78 is 5.57. The molecule has 2 fully saturated rings. The Morgan fingerprint density at radius 1 is 0.879 bits per heavy atom. The van der Waals surface area contributed by atoms with Gasteiger partial charge in [-0.05, 0) is 43.9 Å². The molecule has 2 aromatic heterocycles. The lowest BCUT2D eigenvalue weighted by Crippen LogP contribution is -2.27. The molecule has 164 valence electrons. The van der Waals surface area contributed by atoms with E-state index in [2.05, 4.69) is 20.8 Å². The van der Waals surface area contributed by atoms with Gasteiger partial charge in [0.15, 0.2) is 0 Å². The van der Waals surface area contributed by atoms with Gasteiger partial charge in [0.25, 0.3) is 17.5 Å². The van der Waals surface area contributed by atoms with Gasteiger partial charge < -0.3 is 15.2 Å². The molecule has 0 saturated heterocycles. The molecule has 2 amide bonds. The third kappa shape index (κ3) is 3.86. The van der Waals surface area contributed by atoms with Gasteiger partial charge in [-0.25, -0.2) is 4.98 Å². The lowest BCUT2D eigenvalue weighted by atomic mass is 10.0. The quantitative estimate of drug-likeness (QED) is 0.446. The fourth-order valence-electron chi connectivity index (χ4n) is 4.00. The number of aromatic nitrogens is 2. The van der Waals surface area contributed by atoms with E-state index >= 15 is 0 Å². The van der Waals surface area contributed by atoms with Gasteiger partial charge in [0.05, 0.1) is 22.2 Å². The Balaban J connectivity index is 1.41. The van der Waals surface area contributed by atoms with Gasteiger partial charge in [-0.3, -0.25) is 9.59 Å². The van der Waals surface area contributed by atoms with Crippen LogP contribution in [-0.4, -0.2) is 28.0 Å². The normalized spacial score (nSPS) is 15.4. The first kappa shape index (κ1) is 19.7. The summed E-state index contributed by atoms with van der Waals surface area (Å²) in [6, 6.07) is 18.7. The van der Waals surface area contributed by atoms with E-state index in [1.54, 1.807) is 24.3 Å². The predicted octanol–water partition coefficient (Wildman–Crippen LogP) is 4.91. The fraction of sp³-hybridized carbons (Fsp3) is 0.231. The summed E-state index contributed by atoms with van der Waals surface area (Å²) in [5.74, 6) is -0.166. The highest BCUT2D eigenvalue weighted by Gasteiger charge is 2.30. The number of carbonyl (C=O) groups excluding carboxylic acids is 2. The number of carbonyl (C=O) groups is 2. The number of hydrogen-bond acceptors (Lipinski definition) is 5. The molecule has 2 N–H and O–H groups in total. The van der Waals surface area contributed by atoms with Gasteiger partial charge in [0.2, 0.25) is 0 Å². The van der Waals surface area contributed by atoms with Crippen molar-refractivity contribution in [2.75, 3.05) is 5.32 Å². The van der Waals surface area contributed by atoms with E-state index < -0.39 is 0 Å². The van der Waals surface area contributed by atoms with Crippen molar-refractivity contribution >= 4 is 28.6 Å². The maximum Gasteiger partial charge on any atom is 0.259 e. The second kappa shape index (κ2) is 7.85. The fourth-order valence-corrected chi connectivity index (χ4v) is 4.00. The molecule has 2 aliphatic rings. The second-order valence-corrected chi connectivity index (χ2v) is 8.69. The van der Waals surface area contributed by atoms with Crippen LogP contribution in [0.4, 0.5) is 5.69 Å². The van der Waals surface area contributed by atoms with Gasteiger partial charge >= 0.3 is 0 Å². The van der Waals surface area contributed by atoms with Crippen molar-refractivity contribution in [3.8, 4) is 11.3 Å². The number of para-hydroxylation sites is 1. The Hall–Kier alpha value is -4.00. The molecular weight excluding hydrogens is 416 g/mol. The molecule has 6 rings (SSSR count). The highest BCUT2D eigenvalue weighted by molar-refractivity contribution is 6.16. The number of nitrogens with zero attached hydrogens (tertiary/aromatic N) is 2. The highest BCUT2D eigenvalue weighted by Crippen LogP contribution is 2.41. The lowest BCUT2D eigenvalue weighted by Gasteiger charge is -2.12. The highest BCUT2D eigenvalue weighted by atomic mass is 16.5. The van der Waals surface area contributed by atoms with Crippen molar-refractivity contribution < 1.29 is 14.1 Å². The summed E-state index contributed by atoms with van der Waals surface area (Å²) in [6.45, 7) is 0. The van der Waals surface area contributed by atoms with E-state index in [4.69, 9.17) is 4.52 Å². The second-order valence-electron chi connectivity index (χ2n) is 8.69. The summed E-state index contributed by atoms with van der Waals surface area (Å²) >= 11 is 0. The first-order chi connectivity index (χ1) is 16.2. The zero-order valence-corrected chi connectivity index (χ0v) is 17.9. The Labute approximate surface area is 190 Å². The molecule has 2 heterocycles. The van der Waals surface area contributed by atoms with E-state index in [0.717, 1.165) is 36.9 Å². The van der Waals surface area contributed by atoms with E-state index in [1.807, 2.05) is 36.4 Å². The van der Waals surface area contributed by atoms with Crippen LogP contribution in [0, 0.1) is 0 Å². The zero-order valence-electron chi connectivity index (χ0n) is 17.9. The SMILES string of the molecule is O=C(NC1CC1)c1ccccc1NC(=O)c1cc(C2CC2)nc2onc(-c3ccccc3)c12.